The van der Waals surface area contributed by atoms with Crippen molar-refractivity contribution in [3.63, 3.8) is 0 Å². The predicted molar refractivity (Wildman–Crippen MR) is 43.2 cm³/mol. The number of halogens is 1. The normalized spacial score (nSPS) is 9.75. The van der Waals surface area contributed by atoms with Crippen molar-refractivity contribution in [2.24, 2.45) is 0 Å². The van der Waals surface area contributed by atoms with Gasteiger partial charge >= 0.3 is 11.9 Å². The molecule has 0 aliphatic carbocycles. The number of rotatable bonds is 2. The van der Waals surface area contributed by atoms with E-state index in [4.69, 9.17) is 21.8 Å². The summed E-state index contributed by atoms with van der Waals surface area (Å²) in [4.78, 5) is 20.6. The van der Waals surface area contributed by atoms with E-state index in [2.05, 4.69) is 0 Å². The zero-order valence-electron chi connectivity index (χ0n) is 5.57. The Balaban J connectivity index is 3.22. The van der Waals surface area contributed by atoms with Crippen LogP contribution in [-0.4, -0.2) is 22.2 Å². The third-order valence-electron chi connectivity index (χ3n) is 1.16. The first kappa shape index (κ1) is 9.02. The molecule has 1 aromatic rings. The van der Waals surface area contributed by atoms with Crippen LogP contribution in [-0.2, 0) is 0 Å². The molecule has 1 rings (SSSR count). The van der Waals surface area contributed by atoms with E-state index in [1.54, 1.807) is 0 Å². The molecule has 64 valence electrons. The molecule has 0 spiro atoms. The highest BCUT2D eigenvalue weighted by Gasteiger charge is 2.19. The fourth-order valence-corrected chi connectivity index (χ4v) is 1.82. The van der Waals surface area contributed by atoms with Gasteiger partial charge in [0.1, 0.15) is 4.88 Å². The van der Waals surface area contributed by atoms with Crippen molar-refractivity contribution in [2.75, 3.05) is 0 Å². The standard InChI is InChI=1S/C6H3ClO4S/c7-3-2(5(8)9)1-12-4(3)6(10)11/h1H,(H,8,9)(H,10,11). The topological polar surface area (TPSA) is 74.6 Å². The summed E-state index contributed by atoms with van der Waals surface area (Å²) < 4.78 is 0. The molecule has 2 N–H and O–H groups in total. The zero-order valence-corrected chi connectivity index (χ0v) is 7.15. The Bertz CT molecular complexity index is 312. The SMILES string of the molecule is O=C(O)c1csc(C(=O)O)c1Cl. The van der Waals surface area contributed by atoms with Crippen molar-refractivity contribution in [1.82, 2.24) is 0 Å². The van der Waals surface area contributed by atoms with E-state index in [0.717, 1.165) is 11.3 Å². The lowest BCUT2D eigenvalue weighted by atomic mass is 10.3. The van der Waals surface area contributed by atoms with E-state index >= 15 is 0 Å². The Morgan fingerprint density at radius 1 is 1.33 bits per heavy atom. The second-order valence-electron chi connectivity index (χ2n) is 1.90. The maximum absolute atomic E-state index is 10.4. The summed E-state index contributed by atoms with van der Waals surface area (Å²) in [6, 6.07) is 0. The second-order valence-corrected chi connectivity index (χ2v) is 3.16. The Kier molecular flexibility index (Phi) is 2.35. The maximum atomic E-state index is 10.4. The van der Waals surface area contributed by atoms with E-state index < -0.39 is 11.9 Å². The van der Waals surface area contributed by atoms with Gasteiger partial charge in [0.15, 0.2) is 0 Å². The van der Waals surface area contributed by atoms with E-state index in [1.165, 1.54) is 5.38 Å². The van der Waals surface area contributed by atoms with E-state index in [-0.39, 0.29) is 15.5 Å². The molecule has 0 unspecified atom stereocenters. The van der Waals surface area contributed by atoms with Gasteiger partial charge in [0.25, 0.3) is 0 Å². The van der Waals surface area contributed by atoms with Crippen LogP contribution in [0.1, 0.15) is 20.0 Å². The lowest BCUT2D eigenvalue weighted by molar-refractivity contribution is 0.0696. The number of carboxylic acid groups (broad SMARTS) is 2. The fourth-order valence-electron chi connectivity index (χ4n) is 0.632. The molecule has 0 amide bonds. The summed E-state index contributed by atoms with van der Waals surface area (Å²) in [5.74, 6) is -2.43. The van der Waals surface area contributed by atoms with Crippen molar-refractivity contribution in [2.45, 2.75) is 0 Å². The zero-order chi connectivity index (χ0) is 9.30. The number of aromatic carboxylic acids is 2. The van der Waals surface area contributed by atoms with Crippen LogP contribution in [0, 0.1) is 0 Å². The Hall–Kier alpha value is -1.07. The molecule has 1 heterocycles. The smallest absolute Gasteiger partial charge is 0.347 e. The quantitative estimate of drug-likeness (QED) is 0.774. The lowest BCUT2D eigenvalue weighted by Crippen LogP contribution is -1.97. The number of carboxylic acids is 2. The molecular formula is C6H3ClO4S. The molecular weight excluding hydrogens is 204 g/mol. The van der Waals surface area contributed by atoms with Gasteiger partial charge in [-0.15, -0.1) is 11.3 Å². The molecule has 0 aliphatic rings. The molecule has 0 bridgehead atoms. The van der Waals surface area contributed by atoms with Crippen molar-refractivity contribution >= 4 is 34.9 Å². The maximum Gasteiger partial charge on any atom is 0.347 e. The van der Waals surface area contributed by atoms with Crippen molar-refractivity contribution in [1.29, 1.82) is 0 Å². The number of hydrogen-bond acceptors (Lipinski definition) is 3. The summed E-state index contributed by atoms with van der Waals surface area (Å²) in [5, 5.41) is 18.0. The average Bonchev–Trinajstić information content (AvgIpc) is 2.30. The highest BCUT2D eigenvalue weighted by atomic mass is 35.5. The van der Waals surface area contributed by atoms with Crippen LogP contribution in [0.3, 0.4) is 0 Å². The van der Waals surface area contributed by atoms with Crippen LogP contribution >= 0.6 is 22.9 Å². The predicted octanol–water partition coefficient (Wildman–Crippen LogP) is 1.80. The summed E-state index contributed by atoms with van der Waals surface area (Å²) in [6.45, 7) is 0. The van der Waals surface area contributed by atoms with Gasteiger partial charge < -0.3 is 10.2 Å². The van der Waals surface area contributed by atoms with Crippen LogP contribution < -0.4 is 0 Å². The minimum absolute atomic E-state index is 0.144. The molecule has 1 aromatic heterocycles. The molecule has 0 fully saturated rings. The van der Waals surface area contributed by atoms with Gasteiger partial charge in [0.05, 0.1) is 10.6 Å². The van der Waals surface area contributed by atoms with Crippen LogP contribution in [0.15, 0.2) is 5.38 Å². The largest absolute Gasteiger partial charge is 0.478 e. The van der Waals surface area contributed by atoms with Crippen LogP contribution in [0.25, 0.3) is 0 Å². The van der Waals surface area contributed by atoms with Crippen LogP contribution in [0.4, 0.5) is 0 Å². The number of hydrogen-bond donors (Lipinski definition) is 2. The van der Waals surface area contributed by atoms with Gasteiger partial charge in [-0.25, -0.2) is 9.59 Å². The molecule has 6 heteroatoms. The summed E-state index contributed by atoms with van der Waals surface area (Å²) in [5.41, 5.74) is -0.168. The highest BCUT2D eigenvalue weighted by molar-refractivity contribution is 7.13. The molecule has 0 saturated heterocycles. The van der Waals surface area contributed by atoms with E-state index in [9.17, 15) is 9.59 Å². The number of carbonyl (C=O) groups is 2. The van der Waals surface area contributed by atoms with E-state index in [0.29, 0.717) is 0 Å². The molecule has 0 aliphatic heterocycles. The molecule has 0 radical (unpaired) electrons. The van der Waals surface area contributed by atoms with Gasteiger partial charge in [-0.3, -0.25) is 0 Å². The molecule has 4 nitrogen and oxygen atoms in total. The Morgan fingerprint density at radius 3 is 2.17 bits per heavy atom. The Morgan fingerprint density at radius 2 is 1.92 bits per heavy atom. The molecule has 0 saturated carbocycles. The highest BCUT2D eigenvalue weighted by Crippen LogP contribution is 2.27. The monoisotopic (exact) mass is 206 g/mol. The first-order valence-electron chi connectivity index (χ1n) is 2.77. The van der Waals surface area contributed by atoms with Crippen LogP contribution in [0.5, 0.6) is 0 Å². The minimum atomic E-state index is -1.22. The average molecular weight is 207 g/mol. The first-order chi connectivity index (χ1) is 5.54. The lowest BCUT2D eigenvalue weighted by Gasteiger charge is -1.89. The molecule has 0 aromatic carbocycles. The number of thiophene rings is 1. The Labute approximate surface area is 76.0 Å². The molecule has 0 atom stereocenters. The van der Waals surface area contributed by atoms with Gasteiger partial charge in [0, 0.05) is 5.38 Å². The van der Waals surface area contributed by atoms with Gasteiger partial charge in [-0.2, -0.15) is 0 Å². The van der Waals surface area contributed by atoms with Crippen LogP contribution in [0.2, 0.25) is 5.02 Å². The fraction of sp³-hybridized carbons (Fsp3) is 0. The van der Waals surface area contributed by atoms with Crippen molar-refractivity contribution in [3.8, 4) is 0 Å². The summed E-state index contributed by atoms with van der Waals surface area (Å²) in [7, 11) is 0. The first-order valence-corrected chi connectivity index (χ1v) is 4.03. The van der Waals surface area contributed by atoms with Crippen molar-refractivity contribution in [3.05, 3.63) is 20.8 Å². The van der Waals surface area contributed by atoms with Gasteiger partial charge in [-0.05, 0) is 0 Å². The third-order valence-corrected chi connectivity index (χ3v) is 2.63. The second kappa shape index (κ2) is 3.12. The van der Waals surface area contributed by atoms with Gasteiger partial charge in [-0.1, -0.05) is 11.6 Å². The summed E-state index contributed by atoms with van der Waals surface area (Å²) in [6.07, 6.45) is 0. The minimum Gasteiger partial charge on any atom is -0.478 e. The van der Waals surface area contributed by atoms with E-state index in [1.807, 2.05) is 0 Å². The van der Waals surface area contributed by atoms with Crippen molar-refractivity contribution < 1.29 is 19.8 Å². The third kappa shape index (κ3) is 1.41. The molecule has 12 heavy (non-hydrogen) atoms. The summed E-state index contributed by atoms with van der Waals surface area (Å²) >= 11 is 6.26. The van der Waals surface area contributed by atoms with Gasteiger partial charge in [0.2, 0.25) is 0 Å².